The molecule has 0 aromatic heterocycles. The van der Waals surface area contributed by atoms with E-state index in [4.69, 9.17) is 14.9 Å². The molecule has 0 aliphatic heterocycles. The van der Waals surface area contributed by atoms with Crippen LogP contribution in [0, 0.1) is 17.8 Å². The zero-order chi connectivity index (χ0) is 29.0. The van der Waals surface area contributed by atoms with Gasteiger partial charge in [-0.1, -0.05) is 149 Å². The van der Waals surface area contributed by atoms with E-state index in [1.54, 1.807) is 0 Å². The smallest absolute Gasteiger partial charge is 0.303 e. The molecule has 0 bridgehead atoms. The van der Waals surface area contributed by atoms with Crippen molar-refractivity contribution in [1.29, 1.82) is 0 Å². The molecule has 0 rings (SSSR count). The van der Waals surface area contributed by atoms with E-state index in [-0.39, 0.29) is 13.2 Å². The van der Waals surface area contributed by atoms with Gasteiger partial charge in [-0.2, -0.15) is 0 Å². The lowest BCUT2D eigenvalue weighted by Crippen LogP contribution is -2.19. The minimum atomic E-state index is -0.737. The number of unbranched alkanes of at least 4 members (excludes halogenated alkanes) is 13. The number of carboxylic acid groups (broad SMARTS) is 1. The molecular formula is C34H68O5. The fraction of sp³-hybridized carbons (Fsp3) is 0.971. The van der Waals surface area contributed by atoms with Gasteiger partial charge in [0.05, 0.1) is 13.2 Å². The van der Waals surface area contributed by atoms with Gasteiger partial charge in [-0.25, -0.2) is 0 Å². The molecule has 0 heterocycles. The van der Waals surface area contributed by atoms with Crippen molar-refractivity contribution in [3.05, 3.63) is 0 Å². The number of ether oxygens (including phenoxy) is 1. The van der Waals surface area contributed by atoms with Crippen molar-refractivity contribution in [2.75, 3.05) is 19.8 Å². The number of rotatable bonds is 31. The van der Waals surface area contributed by atoms with Crippen LogP contribution in [0.25, 0.3) is 0 Å². The largest absolute Gasteiger partial charge is 0.481 e. The molecule has 0 aromatic carbocycles. The number of carbonyl (C=O) groups is 1. The van der Waals surface area contributed by atoms with Gasteiger partial charge in [0, 0.05) is 13.0 Å². The molecule has 0 radical (unpaired) electrons. The van der Waals surface area contributed by atoms with E-state index in [1.807, 2.05) is 0 Å². The summed E-state index contributed by atoms with van der Waals surface area (Å²) >= 11 is 0. The highest BCUT2D eigenvalue weighted by molar-refractivity contribution is 5.66. The minimum absolute atomic E-state index is 0.222. The maximum Gasteiger partial charge on any atom is 0.303 e. The van der Waals surface area contributed by atoms with Crippen LogP contribution in [0.3, 0.4) is 0 Å². The average molecular weight is 557 g/mol. The molecule has 4 atom stereocenters. The zero-order valence-corrected chi connectivity index (χ0v) is 26.4. The summed E-state index contributed by atoms with van der Waals surface area (Å²) < 4.78 is 5.37. The van der Waals surface area contributed by atoms with Crippen molar-refractivity contribution in [1.82, 2.24) is 0 Å². The molecule has 0 aliphatic carbocycles. The fourth-order valence-electron chi connectivity index (χ4n) is 5.49. The van der Waals surface area contributed by atoms with Crippen molar-refractivity contribution in [3.8, 4) is 0 Å². The number of aliphatic hydroxyl groups excluding tert-OH is 2. The quantitative estimate of drug-likeness (QED) is 0.0740. The van der Waals surface area contributed by atoms with E-state index in [2.05, 4.69) is 20.8 Å². The van der Waals surface area contributed by atoms with Gasteiger partial charge in [0.2, 0.25) is 0 Å². The third-order valence-electron chi connectivity index (χ3n) is 8.39. The monoisotopic (exact) mass is 557 g/mol. The standard InChI is InChI=1S/C34H68O5/c1-30(23-18-19-27-39-29-33(36)28-35)20-14-11-9-12-16-22-32(3)26-25-31(2)21-15-10-7-5-4-6-8-13-17-24-34(37)38/h30-33,35-36H,4-29H2,1-3H3,(H,37,38). The van der Waals surface area contributed by atoms with Crippen LogP contribution in [-0.2, 0) is 9.53 Å². The first kappa shape index (κ1) is 38.4. The third kappa shape index (κ3) is 30.1. The molecule has 0 fully saturated rings. The fourth-order valence-corrected chi connectivity index (χ4v) is 5.49. The molecule has 0 amide bonds. The van der Waals surface area contributed by atoms with Crippen LogP contribution in [0.1, 0.15) is 168 Å². The number of carboxylic acids is 1. The van der Waals surface area contributed by atoms with Crippen molar-refractivity contribution in [3.63, 3.8) is 0 Å². The highest BCUT2D eigenvalue weighted by atomic mass is 16.5. The summed E-state index contributed by atoms with van der Waals surface area (Å²) in [6, 6.07) is 0. The van der Waals surface area contributed by atoms with Crippen LogP contribution in [-0.4, -0.2) is 47.2 Å². The van der Waals surface area contributed by atoms with Crippen LogP contribution >= 0.6 is 0 Å². The summed E-state index contributed by atoms with van der Waals surface area (Å²) in [4.78, 5) is 10.5. The Kier molecular flexibility index (Phi) is 28.4. The van der Waals surface area contributed by atoms with E-state index >= 15 is 0 Å². The Morgan fingerprint density at radius 2 is 0.923 bits per heavy atom. The normalized spacial score (nSPS) is 14.8. The number of aliphatic carboxylic acids is 1. The molecule has 3 N–H and O–H groups in total. The molecule has 234 valence electrons. The van der Waals surface area contributed by atoms with Crippen LogP contribution < -0.4 is 0 Å². The predicted octanol–water partition coefficient (Wildman–Crippen LogP) is 9.32. The van der Waals surface area contributed by atoms with E-state index in [0.717, 1.165) is 37.0 Å². The SMILES string of the molecule is CC(CCCCCCCC(C)CCC(C)CCCCCCCCCCCC(=O)O)CCCCOCC(O)CO. The van der Waals surface area contributed by atoms with Gasteiger partial charge in [-0.3, -0.25) is 4.79 Å². The summed E-state index contributed by atoms with van der Waals surface area (Å²) in [7, 11) is 0. The van der Waals surface area contributed by atoms with Crippen molar-refractivity contribution in [2.45, 2.75) is 175 Å². The topological polar surface area (TPSA) is 87.0 Å². The van der Waals surface area contributed by atoms with E-state index in [0.29, 0.717) is 13.0 Å². The highest BCUT2D eigenvalue weighted by Crippen LogP contribution is 2.23. The Balaban J connectivity index is 3.39. The van der Waals surface area contributed by atoms with Gasteiger partial charge in [-0.15, -0.1) is 0 Å². The molecule has 0 saturated heterocycles. The van der Waals surface area contributed by atoms with Crippen molar-refractivity contribution < 1.29 is 24.9 Å². The molecule has 4 unspecified atom stereocenters. The molecule has 5 heteroatoms. The second kappa shape index (κ2) is 28.9. The molecule has 5 nitrogen and oxygen atoms in total. The van der Waals surface area contributed by atoms with Gasteiger partial charge < -0.3 is 20.1 Å². The van der Waals surface area contributed by atoms with Crippen LogP contribution in [0.15, 0.2) is 0 Å². The first-order valence-electron chi connectivity index (χ1n) is 16.9. The first-order chi connectivity index (χ1) is 18.8. The van der Waals surface area contributed by atoms with Gasteiger partial charge in [0.1, 0.15) is 6.10 Å². The lowest BCUT2D eigenvalue weighted by molar-refractivity contribution is -0.137. The Morgan fingerprint density at radius 3 is 1.33 bits per heavy atom. The lowest BCUT2D eigenvalue weighted by atomic mass is 9.91. The number of hydrogen-bond donors (Lipinski definition) is 3. The average Bonchev–Trinajstić information content (AvgIpc) is 2.91. The van der Waals surface area contributed by atoms with Gasteiger partial charge in [-0.05, 0) is 30.6 Å². The molecular weight excluding hydrogens is 488 g/mol. The summed E-state index contributed by atoms with van der Waals surface area (Å²) in [5.74, 6) is 1.88. The van der Waals surface area contributed by atoms with Crippen LogP contribution in [0.2, 0.25) is 0 Å². The molecule has 39 heavy (non-hydrogen) atoms. The zero-order valence-electron chi connectivity index (χ0n) is 26.4. The maximum atomic E-state index is 10.5. The Morgan fingerprint density at radius 1 is 0.564 bits per heavy atom. The minimum Gasteiger partial charge on any atom is -0.481 e. The van der Waals surface area contributed by atoms with Crippen molar-refractivity contribution in [2.24, 2.45) is 17.8 Å². The predicted molar refractivity (Wildman–Crippen MR) is 165 cm³/mol. The molecule has 0 saturated carbocycles. The summed E-state index contributed by atoms with van der Waals surface area (Å²) in [6.45, 7) is 7.98. The van der Waals surface area contributed by atoms with Gasteiger partial charge in [0.15, 0.2) is 0 Å². The number of hydrogen-bond acceptors (Lipinski definition) is 4. The molecule has 0 aliphatic rings. The van der Waals surface area contributed by atoms with E-state index < -0.39 is 12.1 Å². The number of aliphatic hydroxyl groups is 2. The third-order valence-corrected chi connectivity index (χ3v) is 8.39. The molecule has 0 aromatic rings. The van der Waals surface area contributed by atoms with Crippen LogP contribution in [0.5, 0.6) is 0 Å². The Bertz CT molecular complexity index is 512. The summed E-state index contributed by atoms with van der Waals surface area (Å²) in [5, 5.41) is 26.7. The first-order valence-corrected chi connectivity index (χ1v) is 16.9. The summed E-state index contributed by atoms with van der Waals surface area (Å²) in [5.41, 5.74) is 0. The maximum absolute atomic E-state index is 10.5. The van der Waals surface area contributed by atoms with Crippen LogP contribution in [0.4, 0.5) is 0 Å². The highest BCUT2D eigenvalue weighted by Gasteiger charge is 2.08. The summed E-state index contributed by atoms with van der Waals surface area (Å²) in [6.07, 6.45) is 28.1. The lowest BCUT2D eigenvalue weighted by Gasteiger charge is -2.16. The second-order valence-corrected chi connectivity index (χ2v) is 12.8. The molecule has 0 spiro atoms. The van der Waals surface area contributed by atoms with Crippen molar-refractivity contribution >= 4 is 5.97 Å². The van der Waals surface area contributed by atoms with E-state index in [9.17, 15) is 9.90 Å². The Hall–Kier alpha value is -0.650. The van der Waals surface area contributed by atoms with Gasteiger partial charge in [0.25, 0.3) is 0 Å². The second-order valence-electron chi connectivity index (χ2n) is 12.8. The van der Waals surface area contributed by atoms with E-state index in [1.165, 1.54) is 122 Å². The Labute approximate surface area is 242 Å². The van der Waals surface area contributed by atoms with Gasteiger partial charge >= 0.3 is 5.97 Å².